The van der Waals surface area contributed by atoms with E-state index in [-0.39, 0.29) is 21.7 Å². The van der Waals surface area contributed by atoms with Crippen LogP contribution in [0.3, 0.4) is 0 Å². The Morgan fingerprint density at radius 2 is 1.44 bits per heavy atom. The average Bonchev–Trinajstić information content (AvgIpc) is 3.09. The highest BCUT2D eigenvalue weighted by Crippen LogP contribution is 2.38. The summed E-state index contributed by atoms with van der Waals surface area (Å²) in [5, 5.41) is 4.95. The molecule has 0 saturated heterocycles. The van der Waals surface area contributed by atoms with Crippen LogP contribution in [0.2, 0.25) is 0 Å². The van der Waals surface area contributed by atoms with Gasteiger partial charge in [-0.25, -0.2) is 0 Å². The zero-order valence-electron chi connectivity index (χ0n) is 24.2. The highest BCUT2D eigenvalue weighted by molar-refractivity contribution is 5.85. The molecule has 0 aliphatic rings. The summed E-state index contributed by atoms with van der Waals surface area (Å²) in [6.45, 7) is 31.0. The lowest BCUT2D eigenvalue weighted by Crippen LogP contribution is -2.20. The second-order valence-electron chi connectivity index (χ2n) is 13.5. The molecular formula is C30H49N3O. The van der Waals surface area contributed by atoms with E-state index in [1.54, 1.807) is 0 Å². The molecule has 0 fully saturated rings. The molecule has 2 rings (SSSR count). The third-order valence-electron chi connectivity index (χ3n) is 6.07. The Morgan fingerprint density at radius 3 is 1.91 bits per heavy atom. The summed E-state index contributed by atoms with van der Waals surface area (Å²) in [6, 6.07) is 6.82. The summed E-state index contributed by atoms with van der Waals surface area (Å²) in [7, 11) is 0. The molecule has 0 saturated carbocycles. The van der Waals surface area contributed by atoms with E-state index in [2.05, 4.69) is 106 Å². The average molecular weight is 468 g/mol. The van der Waals surface area contributed by atoms with Crippen molar-refractivity contribution in [2.24, 2.45) is 4.99 Å². The Labute approximate surface area is 209 Å². The number of nitrogens with zero attached hydrogens (tertiary/aromatic N) is 3. The molecule has 0 bridgehead atoms. The molecule has 2 aromatic rings. The van der Waals surface area contributed by atoms with Crippen LogP contribution in [0.5, 0.6) is 5.75 Å². The molecule has 190 valence electrons. The molecule has 34 heavy (non-hydrogen) atoms. The maximum Gasteiger partial charge on any atom is 0.131 e. The molecule has 0 spiro atoms. The highest BCUT2D eigenvalue weighted by atomic mass is 16.5. The molecule has 0 unspecified atom stereocenters. The zero-order valence-corrected chi connectivity index (χ0v) is 24.2. The third-order valence-corrected chi connectivity index (χ3v) is 6.07. The van der Waals surface area contributed by atoms with Crippen molar-refractivity contribution in [3.05, 3.63) is 46.3 Å². The van der Waals surface area contributed by atoms with Gasteiger partial charge < -0.3 is 4.74 Å². The van der Waals surface area contributed by atoms with Crippen molar-refractivity contribution in [1.82, 2.24) is 9.78 Å². The summed E-state index contributed by atoms with van der Waals surface area (Å²) in [6.07, 6.45) is 2.00. The first-order chi connectivity index (χ1) is 15.4. The zero-order chi connectivity index (χ0) is 26.1. The van der Waals surface area contributed by atoms with E-state index in [0.717, 1.165) is 23.6 Å². The number of rotatable bonds is 6. The molecule has 0 amide bonds. The lowest BCUT2D eigenvalue weighted by Gasteiger charge is -2.28. The molecular weight excluding hydrogens is 418 g/mol. The Balaban J connectivity index is 2.42. The first-order valence-corrected chi connectivity index (χ1v) is 12.8. The summed E-state index contributed by atoms with van der Waals surface area (Å²) < 4.78 is 8.32. The fourth-order valence-electron chi connectivity index (χ4n) is 3.92. The minimum Gasteiger partial charge on any atom is -0.493 e. The normalized spacial score (nSPS) is 13.7. The fourth-order valence-corrected chi connectivity index (χ4v) is 3.92. The molecule has 0 radical (unpaired) electrons. The van der Waals surface area contributed by atoms with Crippen LogP contribution in [0.4, 0.5) is 0 Å². The number of aromatic nitrogens is 2. The molecule has 0 aliphatic heterocycles. The van der Waals surface area contributed by atoms with Crippen LogP contribution in [0, 0.1) is 0 Å². The molecule has 0 atom stereocenters. The van der Waals surface area contributed by atoms with Gasteiger partial charge in [-0.15, -0.1) is 0 Å². The summed E-state index contributed by atoms with van der Waals surface area (Å²) in [5.74, 6) is 0.955. The largest absolute Gasteiger partial charge is 0.493 e. The van der Waals surface area contributed by atoms with E-state index in [4.69, 9.17) is 14.8 Å². The van der Waals surface area contributed by atoms with Crippen LogP contribution in [0.1, 0.15) is 118 Å². The van der Waals surface area contributed by atoms with Gasteiger partial charge in [0.1, 0.15) is 5.75 Å². The van der Waals surface area contributed by atoms with Crippen molar-refractivity contribution in [1.29, 1.82) is 0 Å². The van der Waals surface area contributed by atoms with E-state index in [1.165, 1.54) is 16.8 Å². The number of hydrogen-bond acceptors (Lipinski definition) is 3. The van der Waals surface area contributed by atoms with Crippen molar-refractivity contribution >= 4 is 6.21 Å². The number of aliphatic imine (C=N–C) groups is 1. The maximum atomic E-state index is 6.17. The van der Waals surface area contributed by atoms with Crippen LogP contribution in [0.25, 0.3) is 0 Å². The van der Waals surface area contributed by atoms with E-state index in [0.29, 0.717) is 13.2 Å². The quantitative estimate of drug-likeness (QED) is 0.410. The van der Waals surface area contributed by atoms with Crippen molar-refractivity contribution in [2.45, 2.75) is 118 Å². The van der Waals surface area contributed by atoms with E-state index in [1.807, 2.05) is 13.1 Å². The van der Waals surface area contributed by atoms with Crippen LogP contribution >= 0.6 is 0 Å². The minimum atomic E-state index is -0.0195. The lowest BCUT2D eigenvalue weighted by molar-refractivity contribution is 0.329. The smallest absolute Gasteiger partial charge is 0.131 e. The Bertz CT molecular complexity index is 1000. The standard InChI is InChI=1S/C30H49N3O/c1-14-34-26-21(17-22(27(2,3)4)18-23(26)28(5,6)7)20-31-15-16-33-25(30(11,12)13)19-24(32-33)29(8,9)10/h17-20H,14-16H2,1-13H3. The topological polar surface area (TPSA) is 39.4 Å². The highest BCUT2D eigenvalue weighted by Gasteiger charge is 2.27. The first kappa shape index (κ1) is 28.1. The second kappa shape index (κ2) is 9.87. The molecule has 4 nitrogen and oxygen atoms in total. The third kappa shape index (κ3) is 6.96. The van der Waals surface area contributed by atoms with Crippen molar-refractivity contribution < 1.29 is 4.74 Å². The van der Waals surface area contributed by atoms with Crippen molar-refractivity contribution in [3.8, 4) is 5.75 Å². The second-order valence-corrected chi connectivity index (χ2v) is 13.5. The van der Waals surface area contributed by atoms with Gasteiger partial charge >= 0.3 is 0 Å². The molecule has 0 aliphatic carbocycles. The van der Waals surface area contributed by atoms with Gasteiger partial charge in [0.15, 0.2) is 0 Å². The number of hydrogen-bond donors (Lipinski definition) is 0. The van der Waals surface area contributed by atoms with Gasteiger partial charge in [-0.3, -0.25) is 9.67 Å². The van der Waals surface area contributed by atoms with Crippen molar-refractivity contribution in [3.63, 3.8) is 0 Å². The van der Waals surface area contributed by atoms with Gasteiger partial charge in [0.05, 0.1) is 25.4 Å². The van der Waals surface area contributed by atoms with Crippen molar-refractivity contribution in [2.75, 3.05) is 13.2 Å². The van der Waals surface area contributed by atoms with Gasteiger partial charge in [-0.2, -0.15) is 5.10 Å². The summed E-state index contributed by atoms with van der Waals surface area (Å²) in [5.41, 5.74) is 6.08. The van der Waals surface area contributed by atoms with Crippen LogP contribution in [-0.2, 0) is 28.2 Å². The number of benzene rings is 1. The fraction of sp³-hybridized carbons (Fsp3) is 0.667. The van der Waals surface area contributed by atoms with E-state index < -0.39 is 0 Å². The first-order valence-electron chi connectivity index (χ1n) is 12.8. The minimum absolute atomic E-state index is 0.0195. The predicted molar refractivity (Wildman–Crippen MR) is 147 cm³/mol. The molecule has 1 heterocycles. The van der Waals surface area contributed by atoms with Gasteiger partial charge in [0.2, 0.25) is 0 Å². The van der Waals surface area contributed by atoms with Gasteiger partial charge in [0, 0.05) is 33.9 Å². The molecule has 1 aromatic heterocycles. The number of ether oxygens (including phenoxy) is 1. The predicted octanol–water partition coefficient (Wildman–Crippen LogP) is 7.59. The summed E-state index contributed by atoms with van der Waals surface area (Å²) >= 11 is 0. The molecule has 0 N–H and O–H groups in total. The van der Waals surface area contributed by atoms with E-state index in [9.17, 15) is 0 Å². The van der Waals surface area contributed by atoms with Crippen LogP contribution in [-0.4, -0.2) is 29.1 Å². The van der Waals surface area contributed by atoms with Crippen LogP contribution in [0.15, 0.2) is 23.2 Å². The Morgan fingerprint density at radius 1 is 0.824 bits per heavy atom. The monoisotopic (exact) mass is 467 g/mol. The van der Waals surface area contributed by atoms with Gasteiger partial charge in [-0.05, 0) is 35.4 Å². The molecule has 4 heteroatoms. The van der Waals surface area contributed by atoms with Gasteiger partial charge in [0.25, 0.3) is 0 Å². The summed E-state index contributed by atoms with van der Waals surface area (Å²) in [4.78, 5) is 4.85. The molecule has 1 aromatic carbocycles. The maximum absolute atomic E-state index is 6.17. The Kier molecular flexibility index (Phi) is 8.17. The SMILES string of the molecule is CCOc1c(C=NCCn2nc(C(C)(C)C)cc2C(C)(C)C)cc(C(C)(C)C)cc1C(C)(C)C. The Hall–Kier alpha value is -2.10. The lowest BCUT2D eigenvalue weighted by atomic mass is 9.79. The van der Waals surface area contributed by atoms with E-state index >= 15 is 0 Å². The van der Waals surface area contributed by atoms with Crippen LogP contribution < -0.4 is 4.74 Å². The van der Waals surface area contributed by atoms with Gasteiger partial charge in [-0.1, -0.05) is 89.2 Å².